The summed E-state index contributed by atoms with van der Waals surface area (Å²) in [5.74, 6) is -0.884. The predicted octanol–water partition coefficient (Wildman–Crippen LogP) is 13.2. The van der Waals surface area contributed by atoms with E-state index in [4.69, 9.17) is 19.3 Å². The van der Waals surface area contributed by atoms with E-state index in [9.17, 15) is 14.2 Å². The van der Waals surface area contributed by atoms with Gasteiger partial charge in [0.1, 0.15) is 6.61 Å². The monoisotopic (exact) mass is 757 g/mol. The lowest BCUT2D eigenvalue weighted by molar-refractivity contribution is -0.161. The number of carbonyl (C=O) groups excluding carboxylic acids is 2. The normalized spacial score (nSPS) is 12.6. The molecule has 9 heteroatoms. The summed E-state index contributed by atoms with van der Waals surface area (Å²) in [5.41, 5.74) is 0. The van der Waals surface area contributed by atoms with Crippen molar-refractivity contribution in [3.63, 3.8) is 0 Å². The van der Waals surface area contributed by atoms with Crippen LogP contribution in [0, 0.1) is 0 Å². The van der Waals surface area contributed by atoms with Crippen molar-refractivity contribution in [3.05, 3.63) is 24.3 Å². The fraction of sp³-hybridized carbons (Fsp3) is 0.860. The number of ether oxygens (including phenoxy) is 2. The van der Waals surface area contributed by atoms with Gasteiger partial charge >= 0.3 is 19.8 Å². The fourth-order valence-electron chi connectivity index (χ4n) is 6.23. The standard InChI is InChI=1S/C43H81O8P/c1-3-5-7-9-11-13-15-17-19-21-23-25-27-29-31-33-35-37-42(44)49-39-41(40-50-52(46,47)48)51-43(45)38-36-34-32-30-28-26-24-22-20-18-16-14-12-10-8-6-4-2/h12,14,18,20,41H,3-11,13,15-17,19,21-40H2,1-2H3,(H2,46,47,48)/b14-12+,20-18+/t41-/m1/s1. The van der Waals surface area contributed by atoms with Crippen LogP contribution < -0.4 is 0 Å². The zero-order valence-corrected chi connectivity index (χ0v) is 34.6. The van der Waals surface area contributed by atoms with E-state index in [1.807, 2.05) is 0 Å². The Labute approximate surface area is 319 Å². The number of unbranched alkanes of at least 4 members (excludes halogenated alkanes) is 26. The molecule has 8 nitrogen and oxygen atoms in total. The molecule has 0 rings (SSSR count). The van der Waals surface area contributed by atoms with Crippen molar-refractivity contribution in [2.75, 3.05) is 13.2 Å². The molecule has 0 radical (unpaired) electrons. The SMILES string of the molecule is CCCCC/C=C/C/C=C/CCCCCCCCCC(=O)O[C@H](COC(=O)CCCCCCCCCCCCCCCCCCC)COP(=O)(O)O. The molecule has 1 atom stereocenters. The van der Waals surface area contributed by atoms with Crippen LogP contribution in [-0.4, -0.2) is 41.0 Å². The van der Waals surface area contributed by atoms with E-state index in [-0.39, 0.29) is 19.4 Å². The third-order valence-corrected chi connectivity index (χ3v) is 9.96. The maximum atomic E-state index is 12.4. The van der Waals surface area contributed by atoms with Crippen LogP contribution in [0.1, 0.15) is 219 Å². The summed E-state index contributed by atoms with van der Waals surface area (Å²) >= 11 is 0. The minimum atomic E-state index is -4.75. The summed E-state index contributed by atoms with van der Waals surface area (Å²) in [4.78, 5) is 42.9. The molecule has 306 valence electrons. The number of hydrogen-bond donors (Lipinski definition) is 2. The van der Waals surface area contributed by atoms with Gasteiger partial charge in [-0.05, 0) is 44.9 Å². The van der Waals surface area contributed by atoms with Crippen molar-refractivity contribution in [2.24, 2.45) is 0 Å². The molecule has 0 amide bonds. The lowest BCUT2D eigenvalue weighted by atomic mass is 10.0. The van der Waals surface area contributed by atoms with E-state index in [2.05, 4.69) is 42.7 Å². The van der Waals surface area contributed by atoms with Gasteiger partial charge in [-0.25, -0.2) is 4.57 Å². The van der Waals surface area contributed by atoms with Gasteiger partial charge in [-0.1, -0.05) is 186 Å². The summed E-state index contributed by atoms with van der Waals surface area (Å²) < 4.78 is 26.4. The Bertz CT molecular complexity index is 900. The molecular formula is C43H81O8P. The van der Waals surface area contributed by atoms with E-state index in [0.29, 0.717) is 6.42 Å². The first-order valence-corrected chi connectivity index (χ1v) is 23.2. The molecular weight excluding hydrogens is 675 g/mol. The molecule has 0 spiro atoms. The van der Waals surface area contributed by atoms with Crippen LogP contribution in [0.2, 0.25) is 0 Å². The van der Waals surface area contributed by atoms with Crippen molar-refractivity contribution in [1.82, 2.24) is 0 Å². The molecule has 0 saturated carbocycles. The molecule has 0 aromatic carbocycles. The second kappa shape index (κ2) is 39.2. The van der Waals surface area contributed by atoms with Crippen molar-refractivity contribution in [1.29, 1.82) is 0 Å². The highest BCUT2D eigenvalue weighted by molar-refractivity contribution is 7.46. The van der Waals surface area contributed by atoms with Gasteiger partial charge in [0.2, 0.25) is 0 Å². The molecule has 0 aromatic rings. The first kappa shape index (κ1) is 50.5. The number of esters is 2. The van der Waals surface area contributed by atoms with Crippen molar-refractivity contribution in [2.45, 2.75) is 225 Å². The third kappa shape index (κ3) is 41.3. The minimum absolute atomic E-state index is 0.206. The van der Waals surface area contributed by atoms with Gasteiger partial charge in [-0.3, -0.25) is 14.1 Å². The highest BCUT2D eigenvalue weighted by Crippen LogP contribution is 2.36. The number of phosphoric ester groups is 1. The van der Waals surface area contributed by atoms with Crippen molar-refractivity contribution < 1.29 is 37.9 Å². The summed E-state index contributed by atoms with van der Waals surface area (Å²) in [6.07, 6.45) is 44.7. The molecule has 2 N–H and O–H groups in total. The van der Waals surface area contributed by atoms with Gasteiger partial charge in [-0.2, -0.15) is 0 Å². The number of hydrogen-bond acceptors (Lipinski definition) is 6. The van der Waals surface area contributed by atoms with Gasteiger partial charge in [-0.15, -0.1) is 0 Å². The van der Waals surface area contributed by atoms with Crippen molar-refractivity contribution >= 4 is 19.8 Å². The number of allylic oxidation sites excluding steroid dienone is 4. The summed E-state index contributed by atoms with van der Waals surface area (Å²) in [7, 11) is -4.75. The van der Waals surface area contributed by atoms with Crippen molar-refractivity contribution in [3.8, 4) is 0 Å². The van der Waals surface area contributed by atoms with Gasteiger partial charge in [0.05, 0.1) is 6.61 Å². The van der Waals surface area contributed by atoms with E-state index < -0.39 is 32.5 Å². The fourth-order valence-corrected chi connectivity index (χ4v) is 6.59. The number of carbonyl (C=O) groups is 2. The minimum Gasteiger partial charge on any atom is -0.462 e. The van der Waals surface area contributed by atoms with E-state index >= 15 is 0 Å². The second-order valence-corrected chi connectivity index (χ2v) is 15.9. The molecule has 0 heterocycles. The molecule has 0 saturated heterocycles. The predicted molar refractivity (Wildman–Crippen MR) is 216 cm³/mol. The maximum Gasteiger partial charge on any atom is 0.469 e. The molecule has 52 heavy (non-hydrogen) atoms. The smallest absolute Gasteiger partial charge is 0.462 e. The third-order valence-electron chi connectivity index (χ3n) is 9.47. The lowest BCUT2D eigenvalue weighted by Crippen LogP contribution is -2.29. The molecule has 0 bridgehead atoms. The molecule has 0 aliphatic carbocycles. The molecule has 0 aliphatic heterocycles. The Morgan fingerprint density at radius 3 is 1.31 bits per heavy atom. The van der Waals surface area contributed by atoms with E-state index in [1.54, 1.807) is 0 Å². The quantitative estimate of drug-likeness (QED) is 0.0274. The van der Waals surface area contributed by atoms with Crippen LogP contribution >= 0.6 is 7.82 Å². The molecule has 0 fully saturated rings. The molecule has 0 aliphatic rings. The zero-order chi connectivity index (χ0) is 38.2. The highest BCUT2D eigenvalue weighted by Gasteiger charge is 2.22. The number of phosphoric acid groups is 1. The summed E-state index contributed by atoms with van der Waals surface area (Å²) in [6, 6.07) is 0. The average molecular weight is 757 g/mol. The average Bonchev–Trinajstić information content (AvgIpc) is 3.11. The van der Waals surface area contributed by atoms with Crippen LogP contribution in [-0.2, 0) is 28.2 Å². The first-order chi connectivity index (χ1) is 25.3. The van der Waals surface area contributed by atoms with Crippen LogP contribution in [0.25, 0.3) is 0 Å². The van der Waals surface area contributed by atoms with E-state index in [0.717, 1.165) is 51.4 Å². The Morgan fingerprint density at radius 2 is 0.865 bits per heavy atom. The lowest BCUT2D eigenvalue weighted by Gasteiger charge is -2.18. The Morgan fingerprint density at radius 1 is 0.500 bits per heavy atom. The van der Waals surface area contributed by atoms with Crippen LogP contribution in [0.3, 0.4) is 0 Å². The molecule has 0 aromatic heterocycles. The second-order valence-electron chi connectivity index (χ2n) is 14.7. The highest BCUT2D eigenvalue weighted by atomic mass is 31.2. The molecule has 0 unspecified atom stereocenters. The largest absolute Gasteiger partial charge is 0.469 e. The Balaban J connectivity index is 3.89. The zero-order valence-electron chi connectivity index (χ0n) is 33.7. The Hall–Kier alpha value is -1.47. The van der Waals surface area contributed by atoms with Gasteiger partial charge in [0, 0.05) is 12.8 Å². The van der Waals surface area contributed by atoms with E-state index in [1.165, 1.54) is 135 Å². The summed E-state index contributed by atoms with van der Waals surface area (Å²) in [6.45, 7) is 3.68. The maximum absolute atomic E-state index is 12.4. The van der Waals surface area contributed by atoms with Gasteiger partial charge < -0.3 is 19.3 Å². The van der Waals surface area contributed by atoms with Crippen LogP contribution in [0.4, 0.5) is 0 Å². The van der Waals surface area contributed by atoms with Gasteiger partial charge in [0.25, 0.3) is 0 Å². The van der Waals surface area contributed by atoms with Crippen LogP contribution in [0.5, 0.6) is 0 Å². The number of rotatable bonds is 40. The van der Waals surface area contributed by atoms with Crippen LogP contribution in [0.15, 0.2) is 24.3 Å². The Kier molecular flexibility index (Phi) is 38.1. The summed E-state index contributed by atoms with van der Waals surface area (Å²) in [5, 5.41) is 0. The topological polar surface area (TPSA) is 119 Å². The van der Waals surface area contributed by atoms with Gasteiger partial charge in [0.15, 0.2) is 6.10 Å². The first-order valence-electron chi connectivity index (χ1n) is 21.6.